The number of hydrogen-bond donors (Lipinski definition) is 3. The zero-order valence-corrected chi connectivity index (χ0v) is 10.4. The average molecular weight is 280 g/mol. The van der Waals surface area contributed by atoms with E-state index in [9.17, 15) is 9.59 Å². The lowest BCUT2D eigenvalue weighted by Gasteiger charge is -2.06. The van der Waals surface area contributed by atoms with Crippen LogP contribution in [0.15, 0.2) is 30.6 Å². The smallest absolute Gasteiger partial charge is 0.316 e. The fourth-order valence-electron chi connectivity index (χ4n) is 1.33. The molecule has 19 heavy (non-hydrogen) atoms. The lowest BCUT2D eigenvalue weighted by atomic mass is 10.2. The van der Waals surface area contributed by atoms with Crippen molar-refractivity contribution in [2.24, 2.45) is 0 Å². The van der Waals surface area contributed by atoms with Gasteiger partial charge in [0.25, 0.3) is 0 Å². The molecule has 98 valence electrons. The standard InChI is InChI=1S/C11H10ClN5O2/c12-8-4-2-1-3-7(8)5-13-9(18)10(19)16-11-14-6-15-17-11/h1-4,6H,5H2,(H,13,18)(H2,14,15,16,17,19). The van der Waals surface area contributed by atoms with Gasteiger partial charge in [0.05, 0.1) is 0 Å². The van der Waals surface area contributed by atoms with Gasteiger partial charge < -0.3 is 5.32 Å². The van der Waals surface area contributed by atoms with E-state index >= 15 is 0 Å². The monoisotopic (exact) mass is 279 g/mol. The Hall–Kier alpha value is -2.41. The molecule has 2 rings (SSSR count). The van der Waals surface area contributed by atoms with Crippen molar-refractivity contribution < 1.29 is 9.59 Å². The summed E-state index contributed by atoms with van der Waals surface area (Å²) in [7, 11) is 0. The molecule has 0 saturated heterocycles. The second-order valence-corrected chi connectivity index (χ2v) is 3.97. The number of anilines is 1. The minimum Gasteiger partial charge on any atom is -0.344 e. The summed E-state index contributed by atoms with van der Waals surface area (Å²) in [6, 6.07) is 7.04. The minimum absolute atomic E-state index is 0.109. The van der Waals surface area contributed by atoms with Crippen LogP contribution in [0.4, 0.5) is 5.95 Å². The molecule has 1 aromatic carbocycles. The van der Waals surface area contributed by atoms with Crippen molar-refractivity contribution in [1.29, 1.82) is 0 Å². The summed E-state index contributed by atoms with van der Waals surface area (Å²) < 4.78 is 0. The van der Waals surface area contributed by atoms with E-state index in [0.29, 0.717) is 5.02 Å². The molecule has 0 radical (unpaired) electrons. The van der Waals surface area contributed by atoms with Crippen molar-refractivity contribution in [1.82, 2.24) is 20.5 Å². The van der Waals surface area contributed by atoms with E-state index in [4.69, 9.17) is 11.6 Å². The molecule has 7 nitrogen and oxygen atoms in total. The molecule has 0 fully saturated rings. The molecule has 0 unspecified atom stereocenters. The number of aromatic nitrogens is 3. The molecule has 0 aliphatic carbocycles. The van der Waals surface area contributed by atoms with E-state index in [1.165, 1.54) is 6.33 Å². The molecule has 2 aromatic rings. The Bertz CT molecular complexity index is 585. The lowest BCUT2D eigenvalue weighted by molar-refractivity contribution is -0.136. The molecular formula is C11H10ClN5O2. The zero-order chi connectivity index (χ0) is 13.7. The van der Waals surface area contributed by atoms with Gasteiger partial charge in [-0.15, -0.1) is 0 Å². The summed E-state index contributed by atoms with van der Waals surface area (Å²) in [6.45, 7) is 0.169. The molecule has 0 aliphatic rings. The maximum Gasteiger partial charge on any atom is 0.316 e. The van der Waals surface area contributed by atoms with Gasteiger partial charge in [-0.1, -0.05) is 29.8 Å². The normalized spacial score (nSPS) is 9.95. The number of rotatable bonds is 3. The van der Waals surface area contributed by atoms with Crippen molar-refractivity contribution in [3.8, 4) is 0 Å². The molecule has 0 atom stereocenters. The summed E-state index contributed by atoms with van der Waals surface area (Å²) in [4.78, 5) is 26.7. The molecule has 0 spiro atoms. The van der Waals surface area contributed by atoms with Gasteiger partial charge in [0.1, 0.15) is 6.33 Å². The predicted molar refractivity (Wildman–Crippen MR) is 68.3 cm³/mol. The van der Waals surface area contributed by atoms with E-state index in [2.05, 4.69) is 25.8 Å². The summed E-state index contributed by atoms with van der Waals surface area (Å²) >= 11 is 5.93. The molecule has 2 amide bonds. The molecule has 0 saturated carbocycles. The highest BCUT2D eigenvalue weighted by atomic mass is 35.5. The Morgan fingerprint density at radius 2 is 2.05 bits per heavy atom. The fraction of sp³-hybridized carbons (Fsp3) is 0.0909. The SMILES string of the molecule is O=C(NCc1ccccc1Cl)C(=O)Nc1ncn[nH]1. The van der Waals surface area contributed by atoms with Gasteiger partial charge in [-0.3, -0.25) is 14.9 Å². The number of hydrogen-bond acceptors (Lipinski definition) is 4. The van der Waals surface area contributed by atoms with Crippen LogP contribution in [0.25, 0.3) is 0 Å². The van der Waals surface area contributed by atoms with Gasteiger partial charge in [-0.2, -0.15) is 10.1 Å². The Labute approximate surface area is 113 Å². The first kappa shape index (κ1) is 13.0. The first-order valence-electron chi connectivity index (χ1n) is 5.35. The van der Waals surface area contributed by atoms with Crippen LogP contribution in [0, 0.1) is 0 Å². The van der Waals surface area contributed by atoms with Crippen LogP contribution in [0.1, 0.15) is 5.56 Å². The van der Waals surface area contributed by atoms with E-state index in [-0.39, 0.29) is 12.5 Å². The average Bonchev–Trinajstić information content (AvgIpc) is 2.90. The van der Waals surface area contributed by atoms with Crippen molar-refractivity contribution in [3.63, 3.8) is 0 Å². The van der Waals surface area contributed by atoms with Gasteiger partial charge >= 0.3 is 11.8 Å². The first-order chi connectivity index (χ1) is 9.16. The van der Waals surface area contributed by atoms with E-state index in [1.54, 1.807) is 24.3 Å². The number of amides is 2. The number of H-pyrrole nitrogens is 1. The van der Waals surface area contributed by atoms with Gasteiger partial charge in [0.15, 0.2) is 0 Å². The van der Waals surface area contributed by atoms with E-state index in [0.717, 1.165) is 5.56 Å². The maximum absolute atomic E-state index is 11.5. The molecular weight excluding hydrogens is 270 g/mol. The van der Waals surface area contributed by atoms with Crippen molar-refractivity contribution >= 4 is 29.4 Å². The third-order valence-electron chi connectivity index (χ3n) is 2.25. The number of nitrogens with one attached hydrogen (secondary N) is 3. The summed E-state index contributed by atoms with van der Waals surface area (Å²) in [5, 5.41) is 11.2. The Kier molecular flexibility index (Phi) is 4.09. The van der Waals surface area contributed by atoms with Crippen LogP contribution in [-0.4, -0.2) is 27.0 Å². The van der Waals surface area contributed by atoms with E-state index in [1.807, 2.05) is 0 Å². The summed E-state index contributed by atoms with van der Waals surface area (Å²) in [5.41, 5.74) is 0.727. The van der Waals surface area contributed by atoms with Crippen LogP contribution in [0.5, 0.6) is 0 Å². The number of nitrogens with zero attached hydrogens (tertiary/aromatic N) is 2. The third-order valence-corrected chi connectivity index (χ3v) is 2.62. The van der Waals surface area contributed by atoms with Gasteiger partial charge in [0, 0.05) is 11.6 Å². The second kappa shape index (κ2) is 5.96. The summed E-state index contributed by atoms with van der Waals surface area (Å²) in [6.07, 6.45) is 1.22. The van der Waals surface area contributed by atoms with Gasteiger partial charge in [-0.05, 0) is 11.6 Å². The quantitative estimate of drug-likeness (QED) is 0.721. The van der Waals surface area contributed by atoms with E-state index < -0.39 is 11.8 Å². The highest BCUT2D eigenvalue weighted by molar-refractivity contribution is 6.39. The Morgan fingerprint density at radius 1 is 1.26 bits per heavy atom. The predicted octanol–water partition coefficient (Wildman–Crippen LogP) is 0.713. The van der Waals surface area contributed by atoms with Crippen LogP contribution >= 0.6 is 11.6 Å². The van der Waals surface area contributed by atoms with Gasteiger partial charge in [0.2, 0.25) is 5.95 Å². The fourth-order valence-corrected chi connectivity index (χ4v) is 1.53. The molecule has 0 aliphatic heterocycles. The van der Waals surface area contributed by atoms with Crippen LogP contribution in [0.2, 0.25) is 5.02 Å². The zero-order valence-electron chi connectivity index (χ0n) is 9.68. The highest BCUT2D eigenvalue weighted by Gasteiger charge is 2.14. The van der Waals surface area contributed by atoms with Crippen molar-refractivity contribution in [2.75, 3.05) is 5.32 Å². The first-order valence-corrected chi connectivity index (χ1v) is 5.72. The molecule has 8 heteroatoms. The second-order valence-electron chi connectivity index (χ2n) is 3.56. The largest absolute Gasteiger partial charge is 0.344 e. The number of halogens is 1. The van der Waals surface area contributed by atoms with Crippen molar-refractivity contribution in [2.45, 2.75) is 6.54 Å². The Balaban J connectivity index is 1.88. The molecule has 1 heterocycles. The maximum atomic E-state index is 11.5. The number of aromatic amines is 1. The van der Waals surface area contributed by atoms with Gasteiger partial charge in [-0.25, -0.2) is 5.10 Å². The van der Waals surface area contributed by atoms with Crippen LogP contribution in [0.3, 0.4) is 0 Å². The molecule has 1 aromatic heterocycles. The van der Waals surface area contributed by atoms with Crippen LogP contribution < -0.4 is 10.6 Å². The number of carbonyl (C=O) groups is 2. The molecule has 3 N–H and O–H groups in total. The summed E-state index contributed by atoms with van der Waals surface area (Å²) in [5.74, 6) is -1.50. The number of benzene rings is 1. The van der Waals surface area contributed by atoms with Crippen molar-refractivity contribution in [3.05, 3.63) is 41.2 Å². The highest BCUT2D eigenvalue weighted by Crippen LogP contribution is 2.14. The minimum atomic E-state index is -0.830. The lowest BCUT2D eigenvalue weighted by Crippen LogP contribution is -2.35. The Morgan fingerprint density at radius 3 is 2.74 bits per heavy atom. The third kappa shape index (κ3) is 3.52. The molecule has 0 bridgehead atoms. The topological polar surface area (TPSA) is 99.8 Å². The number of carbonyl (C=O) groups excluding carboxylic acids is 2. The van der Waals surface area contributed by atoms with Crippen LogP contribution in [-0.2, 0) is 16.1 Å².